The van der Waals surface area contributed by atoms with E-state index in [4.69, 9.17) is 0 Å². The first kappa shape index (κ1) is 14.5. The van der Waals surface area contributed by atoms with Crippen LogP contribution in [0.5, 0.6) is 5.75 Å². The Balaban J connectivity index is 2.05. The number of rotatable bonds is 1. The van der Waals surface area contributed by atoms with Crippen LogP contribution in [0.2, 0.25) is 0 Å². The Hall–Kier alpha value is -2.44. The highest BCUT2D eigenvalue weighted by atomic mass is 16.3. The third kappa shape index (κ3) is 2.13. The summed E-state index contributed by atoms with van der Waals surface area (Å²) >= 11 is 0. The van der Waals surface area contributed by atoms with Crippen LogP contribution in [-0.2, 0) is 0 Å². The van der Waals surface area contributed by atoms with Gasteiger partial charge in [0, 0.05) is 26.1 Å². The van der Waals surface area contributed by atoms with Gasteiger partial charge in [0.25, 0.3) is 0 Å². The summed E-state index contributed by atoms with van der Waals surface area (Å²) in [6.45, 7) is 1.93. The van der Waals surface area contributed by atoms with Crippen LogP contribution in [0.3, 0.4) is 0 Å². The predicted molar refractivity (Wildman–Crippen MR) is 80.2 cm³/mol. The van der Waals surface area contributed by atoms with Crippen LogP contribution in [0.4, 0.5) is 9.59 Å². The first-order valence-corrected chi connectivity index (χ1v) is 7.25. The lowest BCUT2D eigenvalue weighted by atomic mass is 9.81. The molecule has 2 heterocycles. The van der Waals surface area contributed by atoms with Gasteiger partial charge in [-0.3, -0.25) is 0 Å². The fourth-order valence-corrected chi connectivity index (χ4v) is 3.46. The van der Waals surface area contributed by atoms with E-state index >= 15 is 0 Å². The molecule has 118 valence electrons. The summed E-state index contributed by atoms with van der Waals surface area (Å²) in [5.41, 5.74) is 0.851. The van der Waals surface area contributed by atoms with Gasteiger partial charge in [0.2, 0.25) is 0 Å². The molecule has 4 atom stereocenters. The third-order valence-electron chi connectivity index (χ3n) is 4.62. The van der Waals surface area contributed by atoms with Gasteiger partial charge in [0.15, 0.2) is 0 Å². The number of hydrogen-bond acceptors (Lipinski definition) is 3. The molecule has 2 aliphatic heterocycles. The SMILES string of the molecule is C[C@H]1NC(=O)N(C)[C@@H]2NC(=O)N(C)[C@@H](c3cccc(O)c3)[C@@H]21. The van der Waals surface area contributed by atoms with Gasteiger partial charge in [-0.25, -0.2) is 9.59 Å². The van der Waals surface area contributed by atoms with Gasteiger partial charge < -0.3 is 25.5 Å². The van der Waals surface area contributed by atoms with Crippen molar-refractivity contribution >= 4 is 12.1 Å². The lowest BCUT2D eigenvalue weighted by Crippen LogP contribution is -2.71. The van der Waals surface area contributed by atoms with Crippen molar-refractivity contribution in [1.29, 1.82) is 0 Å². The predicted octanol–water partition coefficient (Wildman–Crippen LogP) is 1.07. The zero-order valence-corrected chi connectivity index (χ0v) is 12.8. The minimum Gasteiger partial charge on any atom is -0.508 e. The molecule has 0 saturated carbocycles. The van der Waals surface area contributed by atoms with Crippen molar-refractivity contribution in [3.63, 3.8) is 0 Å². The highest BCUT2D eigenvalue weighted by Crippen LogP contribution is 2.38. The number of amides is 4. The number of nitrogens with one attached hydrogen (secondary N) is 2. The van der Waals surface area contributed by atoms with Crippen molar-refractivity contribution in [1.82, 2.24) is 20.4 Å². The molecule has 7 heteroatoms. The van der Waals surface area contributed by atoms with Crippen LogP contribution < -0.4 is 10.6 Å². The zero-order valence-electron chi connectivity index (χ0n) is 12.8. The number of phenolic OH excluding ortho intramolecular Hbond substituents is 1. The number of urea groups is 2. The third-order valence-corrected chi connectivity index (χ3v) is 4.62. The summed E-state index contributed by atoms with van der Waals surface area (Å²) in [4.78, 5) is 27.4. The maximum Gasteiger partial charge on any atom is 0.319 e. The summed E-state index contributed by atoms with van der Waals surface area (Å²) in [6.07, 6.45) is -0.375. The molecule has 4 amide bonds. The second kappa shape index (κ2) is 5.08. The van der Waals surface area contributed by atoms with Crippen LogP contribution in [-0.4, -0.2) is 53.3 Å². The summed E-state index contributed by atoms with van der Waals surface area (Å²) in [7, 11) is 3.40. The van der Waals surface area contributed by atoms with E-state index in [1.54, 1.807) is 37.2 Å². The molecule has 0 unspecified atom stereocenters. The Morgan fingerprint density at radius 1 is 1.09 bits per heavy atom. The maximum absolute atomic E-state index is 12.3. The molecular weight excluding hydrogens is 284 g/mol. The van der Waals surface area contributed by atoms with E-state index in [0.717, 1.165) is 5.56 Å². The number of carbonyl (C=O) groups excluding carboxylic acids is 2. The Bertz CT molecular complexity index is 621. The van der Waals surface area contributed by atoms with E-state index in [1.165, 1.54) is 4.90 Å². The number of phenols is 1. The number of carbonyl (C=O) groups is 2. The van der Waals surface area contributed by atoms with Crippen molar-refractivity contribution < 1.29 is 14.7 Å². The first-order chi connectivity index (χ1) is 10.4. The standard InChI is InChI=1S/C15H20N4O3/c1-8-11-12(9-5-4-6-10(20)7-9)18(2)15(22)17-13(11)19(3)14(21)16-8/h4-8,11-13,20H,1-3H3,(H,16,21)(H,17,22)/t8-,11+,12+,13+/m1/s1. The summed E-state index contributed by atoms with van der Waals surface area (Å²) in [5, 5.41) is 15.6. The number of aromatic hydroxyl groups is 1. The number of fused-ring (bicyclic) bond motifs is 1. The summed E-state index contributed by atoms with van der Waals surface area (Å²) in [5.74, 6) is 0.126. The van der Waals surface area contributed by atoms with Crippen molar-refractivity contribution in [2.45, 2.75) is 25.2 Å². The summed E-state index contributed by atoms with van der Waals surface area (Å²) in [6, 6.07) is 6.14. The van der Waals surface area contributed by atoms with Gasteiger partial charge in [-0.05, 0) is 24.6 Å². The molecule has 1 aromatic rings. The largest absolute Gasteiger partial charge is 0.508 e. The molecule has 0 aromatic heterocycles. The average molecular weight is 304 g/mol. The van der Waals surface area contributed by atoms with E-state index in [1.807, 2.05) is 13.0 Å². The normalized spacial score (nSPS) is 31.4. The van der Waals surface area contributed by atoms with Gasteiger partial charge in [0.05, 0.1) is 6.04 Å². The molecule has 0 spiro atoms. The second-order valence-electron chi connectivity index (χ2n) is 5.97. The minimum absolute atomic E-state index is 0.0350. The molecule has 1 aromatic carbocycles. The maximum atomic E-state index is 12.3. The topological polar surface area (TPSA) is 84.9 Å². The lowest BCUT2D eigenvalue weighted by molar-refractivity contribution is 0.0247. The van der Waals surface area contributed by atoms with Crippen molar-refractivity contribution in [2.24, 2.45) is 5.92 Å². The van der Waals surface area contributed by atoms with E-state index in [-0.39, 0.29) is 42.0 Å². The molecule has 0 radical (unpaired) electrons. The molecular formula is C15H20N4O3. The molecule has 7 nitrogen and oxygen atoms in total. The first-order valence-electron chi connectivity index (χ1n) is 7.25. The van der Waals surface area contributed by atoms with Crippen LogP contribution in [0.15, 0.2) is 24.3 Å². The van der Waals surface area contributed by atoms with Crippen molar-refractivity contribution in [2.75, 3.05) is 14.1 Å². The molecule has 2 aliphatic rings. The van der Waals surface area contributed by atoms with E-state index in [9.17, 15) is 14.7 Å². The molecule has 2 saturated heterocycles. The van der Waals surface area contributed by atoms with E-state index < -0.39 is 0 Å². The van der Waals surface area contributed by atoms with Crippen LogP contribution >= 0.6 is 0 Å². The zero-order chi connectivity index (χ0) is 16.0. The number of hydrogen-bond donors (Lipinski definition) is 3. The van der Waals surface area contributed by atoms with Crippen molar-refractivity contribution in [3.8, 4) is 5.75 Å². The fraction of sp³-hybridized carbons (Fsp3) is 0.467. The van der Waals surface area contributed by atoms with Gasteiger partial charge in [-0.15, -0.1) is 0 Å². The Kier molecular flexibility index (Phi) is 3.35. The van der Waals surface area contributed by atoms with Crippen LogP contribution in [0.1, 0.15) is 18.5 Å². The Labute approximate surface area is 128 Å². The molecule has 0 bridgehead atoms. The highest BCUT2D eigenvalue weighted by Gasteiger charge is 2.49. The van der Waals surface area contributed by atoms with Crippen LogP contribution in [0.25, 0.3) is 0 Å². The van der Waals surface area contributed by atoms with E-state index in [0.29, 0.717) is 0 Å². The van der Waals surface area contributed by atoms with E-state index in [2.05, 4.69) is 10.6 Å². The molecule has 3 rings (SSSR count). The molecule has 2 fully saturated rings. The monoisotopic (exact) mass is 304 g/mol. The van der Waals surface area contributed by atoms with Crippen molar-refractivity contribution in [3.05, 3.63) is 29.8 Å². The second-order valence-corrected chi connectivity index (χ2v) is 5.97. The minimum atomic E-state index is -0.375. The quantitative estimate of drug-likeness (QED) is 0.725. The summed E-state index contributed by atoms with van der Waals surface area (Å²) < 4.78 is 0. The molecule has 0 aliphatic carbocycles. The number of nitrogens with zero attached hydrogens (tertiary/aromatic N) is 2. The Morgan fingerprint density at radius 2 is 1.77 bits per heavy atom. The number of benzene rings is 1. The van der Waals surface area contributed by atoms with Gasteiger partial charge in [0.1, 0.15) is 11.9 Å². The smallest absolute Gasteiger partial charge is 0.319 e. The van der Waals surface area contributed by atoms with Crippen LogP contribution in [0, 0.1) is 5.92 Å². The van der Waals surface area contributed by atoms with Gasteiger partial charge in [-0.2, -0.15) is 0 Å². The highest BCUT2D eigenvalue weighted by molar-refractivity contribution is 5.80. The molecule has 3 N–H and O–H groups in total. The molecule has 22 heavy (non-hydrogen) atoms. The van der Waals surface area contributed by atoms with Gasteiger partial charge >= 0.3 is 12.1 Å². The van der Waals surface area contributed by atoms with Gasteiger partial charge in [-0.1, -0.05) is 12.1 Å². The fourth-order valence-electron chi connectivity index (χ4n) is 3.46. The Morgan fingerprint density at radius 3 is 2.45 bits per heavy atom. The lowest BCUT2D eigenvalue weighted by Gasteiger charge is -2.52. The average Bonchev–Trinajstić information content (AvgIpc) is 2.47.